The lowest BCUT2D eigenvalue weighted by Crippen LogP contribution is -2.17. The van der Waals surface area contributed by atoms with Gasteiger partial charge in [-0.15, -0.1) is 0 Å². The van der Waals surface area contributed by atoms with Crippen molar-refractivity contribution < 1.29 is 14.4 Å². The van der Waals surface area contributed by atoms with Gasteiger partial charge in [-0.2, -0.15) is 0 Å². The molecule has 19 heavy (non-hydrogen) atoms. The number of hydrogen-bond acceptors (Lipinski definition) is 5. The molecule has 1 atom stereocenters. The molecular weight excluding hydrogens is 248 g/mol. The van der Waals surface area contributed by atoms with Gasteiger partial charge < -0.3 is 14.8 Å². The number of nitro groups is 1. The van der Waals surface area contributed by atoms with Crippen LogP contribution in [0, 0.1) is 10.1 Å². The maximum atomic E-state index is 10.5. The zero-order valence-electron chi connectivity index (χ0n) is 10.7. The van der Waals surface area contributed by atoms with Gasteiger partial charge in [0.15, 0.2) is 0 Å². The Morgan fingerprint density at radius 3 is 2.84 bits per heavy atom. The first kappa shape index (κ1) is 13.8. The van der Waals surface area contributed by atoms with Gasteiger partial charge in [0.2, 0.25) is 0 Å². The van der Waals surface area contributed by atoms with Crippen molar-refractivity contribution in [2.75, 3.05) is 31.7 Å². The maximum Gasteiger partial charge on any atom is 0.269 e. The largest absolute Gasteiger partial charge is 0.383 e. The van der Waals surface area contributed by atoms with E-state index < -0.39 is 4.92 Å². The lowest BCUT2D eigenvalue weighted by atomic mass is 10.2. The van der Waals surface area contributed by atoms with Crippen molar-refractivity contribution in [1.82, 2.24) is 0 Å². The van der Waals surface area contributed by atoms with Gasteiger partial charge in [-0.1, -0.05) is 0 Å². The summed E-state index contributed by atoms with van der Waals surface area (Å²) in [5.41, 5.74) is 0.950. The van der Waals surface area contributed by atoms with Gasteiger partial charge >= 0.3 is 0 Å². The van der Waals surface area contributed by atoms with E-state index in [0.717, 1.165) is 25.1 Å². The van der Waals surface area contributed by atoms with Gasteiger partial charge in [-0.3, -0.25) is 10.1 Å². The number of nitro benzene ring substituents is 1. The number of hydrogen-bond donors (Lipinski definition) is 1. The topological polar surface area (TPSA) is 73.6 Å². The molecule has 0 spiro atoms. The third-order valence-electron chi connectivity index (χ3n) is 2.98. The molecule has 6 heteroatoms. The summed E-state index contributed by atoms with van der Waals surface area (Å²) in [6.07, 6.45) is 2.45. The average Bonchev–Trinajstić information content (AvgIpc) is 2.92. The van der Waals surface area contributed by atoms with Gasteiger partial charge in [0, 0.05) is 31.0 Å². The van der Waals surface area contributed by atoms with Crippen LogP contribution in [0.5, 0.6) is 0 Å². The molecule has 0 radical (unpaired) electrons. The lowest BCUT2D eigenvalue weighted by molar-refractivity contribution is -0.384. The monoisotopic (exact) mass is 266 g/mol. The molecule has 0 saturated carbocycles. The standard InChI is InChI=1S/C13H18N2O4/c16-15(17)12-5-3-11(4-6-12)14-7-9-18-10-13-2-1-8-19-13/h3-6,13-14H,1-2,7-10H2. The first-order valence-corrected chi connectivity index (χ1v) is 6.43. The van der Waals surface area contributed by atoms with Gasteiger partial charge in [-0.05, 0) is 25.0 Å². The minimum absolute atomic E-state index is 0.0974. The predicted octanol–water partition coefficient (Wildman–Crippen LogP) is 2.20. The molecule has 1 fully saturated rings. The lowest BCUT2D eigenvalue weighted by Gasteiger charge is -2.11. The second kappa shape index (κ2) is 7.06. The number of anilines is 1. The molecule has 1 aromatic rings. The number of nitrogens with zero attached hydrogens (tertiary/aromatic N) is 1. The molecule has 1 aliphatic heterocycles. The minimum atomic E-state index is -0.408. The van der Waals surface area contributed by atoms with Crippen LogP contribution < -0.4 is 5.32 Å². The molecule has 0 aromatic heterocycles. The zero-order valence-corrected chi connectivity index (χ0v) is 10.7. The Hall–Kier alpha value is -1.66. The van der Waals surface area contributed by atoms with Crippen LogP contribution in [0.3, 0.4) is 0 Å². The summed E-state index contributed by atoms with van der Waals surface area (Å²) in [4.78, 5) is 10.1. The second-order valence-electron chi connectivity index (χ2n) is 4.44. The third-order valence-corrected chi connectivity index (χ3v) is 2.98. The van der Waals surface area contributed by atoms with Crippen molar-refractivity contribution in [2.24, 2.45) is 0 Å². The van der Waals surface area contributed by atoms with Crippen molar-refractivity contribution >= 4 is 11.4 Å². The van der Waals surface area contributed by atoms with Crippen LogP contribution in [0.2, 0.25) is 0 Å². The van der Waals surface area contributed by atoms with E-state index in [9.17, 15) is 10.1 Å². The molecule has 1 aliphatic rings. The molecule has 6 nitrogen and oxygen atoms in total. The molecule has 1 saturated heterocycles. The molecule has 1 unspecified atom stereocenters. The number of nitrogens with one attached hydrogen (secondary N) is 1. The first-order valence-electron chi connectivity index (χ1n) is 6.43. The molecule has 1 heterocycles. The van der Waals surface area contributed by atoms with E-state index in [1.165, 1.54) is 12.1 Å². The number of benzene rings is 1. The number of rotatable bonds is 7. The summed E-state index contributed by atoms with van der Waals surface area (Å²) in [7, 11) is 0. The maximum absolute atomic E-state index is 10.5. The summed E-state index contributed by atoms with van der Waals surface area (Å²) >= 11 is 0. The Balaban J connectivity index is 1.61. The predicted molar refractivity (Wildman–Crippen MR) is 71.4 cm³/mol. The summed E-state index contributed by atoms with van der Waals surface area (Å²) in [6.45, 7) is 2.75. The van der Waals surface area contributed by atoms with Crippen LogP contribution in [0.15, 0.2) is 24.3 Å². The van der Waals surface area contributed by atoms with Gasteiger partial charge in [0.25, 0.3) is 5.69 Å². The molecule has 1 aromatic carbocycles. The summed E-state index contributed by atoms with van der Waals surface area (Å²) in [5, 5.41) is 13.6. The van der Waals surface area contributed by atoms with Gasteiger partial charge in [0.05, 0.1) is 24.2 Å². The second-order valence-corrected chi connectivity index (χ2v) is 4.44. The molecule has 104 valence electrons. The Morgan fingerprint density at radius 1 is 1.42 bits per heavy atom. The average molecular weight is 266 g/mol. The Labute approximate surface area is 111 Å². The van der Waals surface area contributed by atoms with E-state index in [1.807, 2.05) is 0 Å². The van der Waals surface area contributed by atoms with Crippen LogP contribution in [-0.4, -0.2) is 37.4 Å². The van der Waals surface area contributed by atoms with Crippen LogP contribution >= 0.6 is 0 Å². The Kier molecular flexibility index (Phi) is 5.11. The van der Waals surface area contributed by atoms with Crippen LogP contribution in [0.4, 0.5) is 11.4 Å². The van der Waals surface area contributed by atoms with Crippen molar-refractivity contribution in [3.63, 3.8) is 0 Å². The zero-order chi connectivity index (χ0) is 13.5. The van der Waals surface area contributed by atoms with E-state index in [1.54, 1.807) is 12.1 Å². The highest BCUT2D eigenvalue weighted by atomic mass is 16.6. The van der Waals surface area contributed by atoms with E-state index >= 15 is 0 Å². The normalized spacial score (nSPS) is 18.4. The Bertz CT molecular complexity index is 402. The third kappa shape index (κ3) is 4.50. The van der Waals surface area contributed by atoms with Crippen molar-refractivity contribution in [3.05, 3.63) is 34.4 Å². The molecule has 2 rings (SSSR count). The first-order chi connectivity index (χ1) is 9.25. The fourth-order valence-electron chi connectivity index (χ4n) is 1.96. The van der Waals surface area contributed by atoms with Crippen molar-refractivity contribution in [2.45, 2.75) is 18.9 Å². The van der Waals surface area contributed by atoms with Crippen molar-refractivity contribution in [1.29, 1.82) is 0 Å². The summed E-state index contributed by atoms with van der Waals surface area (Å²) in [6, 6.07) is 6.35. The molecule has 0 bridgehead atoms. The quantitative estimate of drug-likeness (QED) is 0.465. The highest BCUT2D eigenvalue weighted by molar-refractivity contribution is 5.48. The van der Waals surface area contributed by atoms with E-state index in [-0.39, 0.29) is 11.8 Å². The molecule has 0 aliphatic carbocycles. The molecular formula is C13H18N2O4. The van der Waals surface area contributed by atoms with Crippen LogP contribution in [-0.2, 0) is 9.47 Å². The van der Waals surface area contributed by atoms with Crippen molar-refractivity contribution in [3.8, 4) is 0 Å². The highest BCUT2D eigenvalue weighted by Gasteiger charge is 2.14. The highest BCUT2D eigenvalue weighted by Crippen LogP contribution is 2.15. The number of non-ortho nitro benzene ring substituents is 1. The van der Waals surface area contributed by atoms with E-state index in [2.05, 4.69) is 5.32 Å². The van der Waals surface area contributed by atoms with E-state index in [0.29, 0.717) is 19.8 Å². The fourth-order valence-corrected chi connectivity index (χ4v) is 1.96. The van der Waals surface area contributed by atoms with Crippen LogP contribution in [0.1, 0.15) is 12.8 Å². The summed E-state index contributed by atoms with van der Waals surface area (Å²) < 4.78 is 10.9. The van der Waals surface area contributed by atoms with E-state index in [4.69, 9.17) is 9.47 Å². The van der Waals surface area contributed by atoms with Gasteiger partial charge in [-0.25, -0.2) is 0 Å². The Morgan fingerprint density at radius 2 is 2.21 bits per heavy atom. The molecule has 0 amide bonds. The number of ether oxygens (including phenoxy) is 2. The molecule has 1 N–H and O–H groups in total. The smallest absolute Gasteiger partial charge is 0.269 e. The minimum Gasteiger partial charge on any atom is -0.383 e. The van der Waals surface area contributed by atoms with Crippen LogP contribution in [0.25, 0.3) is 0 Å². The van der Waals surface area contributed by atoms with Gasteiger partial charge in [0.1, 0.15) is 0 Å². The summed E-state index contributed by atoms with van der Waals surface area (Å²) in [5.74, 6) is 0. The fraction of sp³-hybridized carbons (Fsp3) is 0.538. The SMILES string of the molecule is O=[N+]([O-])c1ccc(NCCOCC2CCCO2)cc1.